The highest BCUT2D eigenvalue weighted by Gasteiger charge is 2.22. The van der Waals surface area contributed by atoms with Crippen LogP contribution >= 0.6 is 0 Å². The van der Waals surface area contributed by atoms with Crippen LogP contribution in [0.3, 0.4) is 0 Å². The summed E-state index contributed by atoms with van der Waals surface area (Å²) in [6.45, 7) is 1.27. The van der Waals surface area contributed by atoms with E-state index in [0.717, 1.165) is 11.1 Å². The fourth-order valence-electron chi connectivity index (χ4n) is 1.88. The van der Waals surface area contributed by atoms with Gasteiger partial charge in [0.25, 0.3) is 0 Å². The number of carboxylic acids is 1. The lowest BCUT2D eigenvalue weighted by Crippen LogP contribution is -2.21. The van der Waals surface area contributed by atoms with Gasteiger partial charge in [-0.1, -0.05) is 24.3 Å². The van der Waals surface area contributed by atoms with Gasteiger partial charge in [-0.2, -0.15) is 5.06 Å². The van der Waals surface area contributed by atoms with Gasteiger partial charge in [0.15, 0.2) is 0 Å². The van der Waals surface area contributed by atoms with Crippen LogP contribution in [0.4, 0.5) is 0 Å². The molecule has 2 rings (SSSR count). The number of hydroxylamine groups is 2. The van der Waals surface area contributed by atoms with Crippen molar-refractivity contribution in [2.75, 3.05) is 13.2 Å². The molecule has 92 valence electrons. The molecule has 1 atom stereocenters. The molecule has 1 heterocycles. The third-order valence-electron chi connectivity index (χ3n) is 2.67. The van der Waals surface area contributed by atoms with Crippen LogP contribution in [-0.4, -0.2) is 40.5 Å². The molecule has 1 aromatic rings. The number of aliphatic hydroxyl groups is 1. The molecule has 5 heteroatoms. The van der Waals surface area contributed by atoms with Gasteiger partial charge in [0.05, 0.1) is 25.7 Å². The van der Waals surface area contributed by atoms with Gasteiger partial charge < -0.3 is 10.2 Å². The van der Waals surface area contributed by atoms with E-state index in [4.69, 9.17) is 9.94 Å². The number of β-amino-alcohol motifs (C(OH)–C–C–N with tert-alkyl or cyclic N) is 1. The molecule has 1 fully saturated rings. The highest BCUT2D eigenvalue weighted by atomic mass is 16.7. The summed E-state index contributed by atoms with van der Waals surface area (Å²) in [5.41, 5.74) is 1.70. The van der Waals surface area contributed by atoms with Crippen molar-refractivity contribution in [1.29, 1.82) is 0 Å². The van der Waals surface area contributed by atoms with Crippen molar-refractivity contribution in [2.24, 2.45) is 0 Å². The number of nitrogens with zero attached hydrogens (tertiary/aromatic N) is 1. The first-order chi connectivity index (χ1) is 8.15. The number of benzene rings is 1. The van der Waals surface area contributed by atoms with E-state index < -0.39 is 12.1 Å². The summed E-state index contributed by atoms with van der Waals surface area (Å²) >= 11 is 0. The van der Waals surface area contributed by atoms with Gasteiger partial charge in [-0.25, -0.2) is 0 Å². The molecule has 0 amide bonds. The van der Waals surface area contributed by atoms with Crippen molar-refractivity contribution in [1.82, 2.24) is 5.06 Å². The monoisotopic (exact) mass is 237 g/mol. The topological polar surface area (TPSA) is 70.0 Å². The molecular formula is C12H15NO4. The maximum absolute atomic E-state index is 10.7. The molecule has 0 spiro atoms. The number of rotatable bonds is 4. The minimum absolute atomic E-state index is 0.00651. The Hall–Kier alpha value is -1.43. The molecule has 1 aliphatic rings. The Balaban J connectivity index is 2.06. The number of hydrogen-bond acceptors (Lipinski definition) is 4. The lowest BCUT2D eigenvalue weighted by atomic mass is 10.0. The van der Waals surface area contributed by atoms with Gasteiger partial charge in [-0.15, -0.1) is 0 Å². The fraction of sp³-hybridized carbons (Fsp3) is 0.417. The molecule has 17 heavy (non-hydrogen) atoms. The molecule has 0 unspecified atom stereocenters. The van der Waals surface area contributed by atoms with Crippen molar-refractivity contribution in [3.05, 3.63) is 35.4 Å². The Kier molecular flexibility index (Phi) is 3.73. The second-order valence-electron chi connectivity index (χ2n) is 4.11. The van der Waals surface area contributed by atoms with Crippen LogP contribution in [0.25, 0.3) is 0 Å². The SMILES string of the molecule is O=C(O)Cc1ccccc1CN1C[C@@H](O)CO1. The van der Waals surface area contributed by atoms with Crippen LogP contribution in [0.1, 0.15) is 11.1 Å². The standard InChI is InChI=1S/C12H15NO4/c14-11-7-13(17-8-11)6-10-4-2-1-3-9(10)5-12(15)16/h1-4,11,14H,5-8H2,(H,15,16)/t11-/m1/s1. The Morgan fingerprint density at radius 3 is 2.71 bits per heavy atom. The van der Waals surface area contributed by atoms with Crippen LogP contribution in [0.5, 0.6) is 0 Å². The Morgan fingerprint density at radius 1 is 1.41 bits per heavy atom. The zero-order valence-corrected chi connectivity index (χ0v) is 9.37. The second kappa shape index (κ2) is 5.27. The highest BCUT2D eigenvalue weighted by molar-refractivity contribution is 5.70. The van der Waals surface area contributed by atoms with Crippen molar-refractivity contribution in [3.63, 3.8) is 0 Å². The minimum Gasteiger partial charge on any atom is -0.481 e. The summed E-state index contributed by atoms with van der Waals surface area (Å²) in [5.74, 6) is -0.847. The number of carbonyl (C=O) groups is 1. The Labute approximate surface area is 99.2 Å². The van der Waals surface area contributed by atoms with E-state index in [1.165, 1.54) is 0 Å². The fourth-order valence-corrected chi connectivity index (χ4v) is 1.88. The molecule has 0 aliphatic carbocycles. The van der Waals surface area contributed by atoms with Crippen LogP contribution in [0.15, 0.2) is 24.3 Å². The molecule has 0 aromatic heterocycles. The maximum atomic E-state index is 10.7. The van der Waals surface area contributed by atoms with Gasteiger partial charge in [0.2, 0.25) is 0 Å². The van der Waals surface area contributed by atoms with E-state index in [9.17, 15) is 9.90 Å². The highest BCUT2D eigenvalue weighted by Crippen LogP contribution is 2.15. The van der Waals surface area contributed by atoms with E-state index in [-0.39, 0.29) is 6.42 Å². The number of carboxylic acid groups (broad SMARTS) is 1. The van der Waals surface area contributed by atoms with Crippen molar-refractivity contribution >= 4 is 5.97 Å². The summed E-state index contributed by atoms with van der Waals surface area (Å²) in [5, 5.41) is 19.8. The molecule has 0 radical (unpaired) electrons. The lowest BCUT2D eigenvalue weighted by Gasteiger charge is -2.15. The van der Waals surface area contributed by atoms with Crippen LogP contribution in [0.2, 0.25) is 0 Å². The average Bonchev–Trinajstić information content (AvgIpc) is 2.66. The zero-order valence-electron chi connectivity index (χ0n) is 9.37. The van der Waals surface area contributed by atoms with Crippen molar-refractivity contribution < 1.29 is 19.8 Å². The van der Waals surface area contributed by atoms with Gasteiger partial charge in [-0.05, 0) is 11.1 Å². The van der Waals surface area contributed by atoms with Gasteiger partial charge >= 0.3 is 5.97 Å². The predicted octanol–water partition coefficient (Wildman–Crippen LogP) is 0.422. The second-order valence-corrected chi connectivity index (χ2v) is 4.11. The first-order valence-electron chi connectivity index (χ1n) is 5.49. The molecule has 2 N–H and O–H groups in total. The van der Waals surface area contributed by atoms with E-state index in [1.807, 2.05) is 18.2 Å². The predicted molar refractivity (Wildman–Crippen MR) is 60.2 cm³/mol. The quantitative estimate of drug-likeness (QED) is 0.794. The summed E-state index contributed by atoms with van der Waals surface area (Å²) < 4.78 is 0. The number of hydrogen-bond donors (Lipinski definition) is 2. The summed E-state index contributed by atoms with van der Waals surface area (Å²) in [7, 11) is 0. The zero-order chi connectivity index (χ0) is 12.3. The van der Waals surface area contributed by atoms with Crippen LogP contribution in [-0.2, 0) is 22.6 Å². The third-order valence-corrected chi connectivity index (χ3v) is 2.67. The average molecular weight is 237 g/mol. The third kappa shape index (κ3) is 3.26. The first-order valence-corrected chi connectivity index (χ1v) is 5.49. The van der Waals surface area contributed by atoms with Gasteiger partial charge in [-0.3, -0.25) is 9.63 Å². The molecule has 1 aromatic carbocycles. The van der Waals surface area contributed by atoms with Crippen molar-refractivity contribution in [2.45, 2.75) is 19.1 Å². The smallest absolute Gasteiger partial charge is 0.307 e. The maximum Gasteiger partial charge on any atom is 0.307 e. The van der Waals surface area contributed by atoms with Crippen LogP contribution < -0.4 is 0 Å². The van der Waals surface area contributed by atoms with Gasteiger partial charge in [0.1, 0.15) is 0 Å². The number of aliphatic hydroxyl groups excluding tert-OH is 1. The van der Waals surface area contributed by atoms with E-state index in [0.29, 0.717) is 19.7 Å². The normalized spacial score (nSPS) is 20.6. The summed E-state index contributed by atoms with van der Waals surface area (Å²) in [4.78, 5) is 16.0. The largest absolute Gasteiger partial charge is 0.481 e. The van der Waals surface area contributed by atoms with E-state index >= 15 is 0 Å². The summed E-state index contributed by atoms with van der Waals surface area (Å²) in [6.07, 6.45) is -0.450. The molecule has 0 saturated carbocycles. The number of aliphatic carboxylic acids is 1. The molecular weight excluding hydrogens is 222 g/mol. The van der Waals surface area contributed by atoms with E-state index in [2.05, 4.69) is 0 Å². The van der Waals surface area contributed by atoms with Crippen molar-refractivity contribution in [3.8, 4) is 0 Å². The van der Waals surface area contributed by atoms with Gasteiger partial charge in [0, 0.05) is 6.54 Å². The molecule has 1 aliphatic heterocycles. The minimum atomic E-state index is -0.847. The molecule has 5 nitrogen and oxygen atoms in total. The summed E-state index contributed by atoms with van der Waals surface area (Å²) in [6, 6.07) is 7.37. The lowest BCUT2D eigenvalue weighted by molar-refractivity contribution is -0.136. The molecule has 1 saturated heterocycles. The van der Waals surface area contributed by atoms with Crippen LogP contribution in [0, 0.1) is 0 Å². The Bertz CT molecular complexity index is 407. The molecule has 0 bridgehead atoms. The van der Waals surface area contributed by atoms with E-state index in [1.54, 1.807) is 11.1 Å². The first kappa shape index (κ1) is 12.0. The Morgan fingerprint density at radius 2 is 2.12 bits per heavy atom.